The molecule has 0 bridgehead atoms. The van der Waals surface area contributed by atoms with Gasteiger partial charge < -0.3 is 4.90 Å². The Bertz CT molecular complexity index is 488. The molecule has 140 valence electrons. The largest absolute Gasteiger partial charge is 0.336 e. The van der Waals surface area contributed by atoms with E-state index in [4.69, 9.17) is 0 Å². The van der Waals surface area contributed by atoms with Crippen molar-refractivity contribution in [2.24, 2.45) is 5.92 Å². The number of hydrogen-bond donors (Lipinski definition) is 0. The number of likely N-dealkylation sites (tertiary alicyclic amines) is 1. The van der Waals surface area contributed by atoms with Crippen molar-refractivity contribution >= 4 is 5.91 Å². The molecule has 2 atom stereocenters. The number of carbonyl (C=O) groups is 1. The van der Waals surface area contributed by atoms with E-state index in [-0.39, 0.29) is 6.04 Å². The molecule has 0 saturated carbocycles. The van der Waals surface area contributed by atoms with Crippen molar-refractivity contribution in [1.82, 2.24) is 9.88 Å². The number of aromatic nitrogens is 1. The molecule has 2 rings (SSSR count). The second kappa shape index (κ2) is 11.3. The van der Waals surface area contributed by atoms with E-state index < -0.39 is 0 Å². The third kappa shape index (κ3) is 6.80. The van der Waals surface area contributed by atoms with Crippen LogP contribution in [0.2, 0.25) is 0 Å². The number of rotatable bonds is 11. The smallest absolute Gasteiger partial charge is 0.223 e. The lowest BCUT2D eigenvalue weighted by Gasteiger charge is -2.25. The van der Waals surface area contributed by atoms with Crippen molar-refractivity contribution in [2.45, 2.75) is 90.5 Å². The second-order valence-electron chi connectivity index (χ2n) is 7.70. The van der Waals surface area contributed by atoms with Gasteiger partial charge in [0.1, 0.15) is 0 Å². The molecule has 0 unspecified atom stereocenters. The summed E-state index contributed by atoms with van der Waals surface area (Å²) in [4.78, 5) is 18.9. The molecule has 3 heteroatoms. The molecule has 1 aliphatic rings. The fourth-order valence-corrected chi connectivity index (χ4v) is 3.81. The molecule has 0 radical (unpaired) electrons. The minimum Gasteiger partial charge on any atom is -0.336 e. The normalized spacial score (nSPS) is 18.5. The van der Waals surface area contributed by atoms with Crippen molar-refractivity contribution in [3.8, 4) is 0 Å². The van der Waals surface area contributed by atoms with Crippen LogP contribution in [-0.2, 0) is 4.79 Å². The summed E-state index contributed by atoms with van der Waals surface area (Å²) >= 11 is 0. The zero-order valence-electron chi connectivity index (χ0n) is 16.3. The molecule has 1 aromatic heterocycles. The Morgan fingerprint density at radius 2 is 2.00 bits per heavy atom. The summed E-state index contributed by atoms with van der Waals surface area (Å²) in [7, 11) is 0. The number of carbonyl (C=O) groups excluding carboxylic acids is 1. The maximum absolute atomic E-state index is 12.6. The molecule has 1 aromatic rings. The van der Waals surface area contributed by atoms with Crippen LogP contribution in [0.25, 0.3) is 0 Å². The lowest BCUT2D eigenvalue weighted by molar-refractivity contribution is -0.132. The summed E-state index contributed by atoms with van der Waals surface area (Å²) in [6.07, 6.45) is 16.9. The lowest BCUT2D eigenvalue weighted by atomic mass is 10.00. The van der Waals surface area contributed by atoms with Crippen LogP contribution < -0.4 is 0 Å². The Morgan fingerprint density at radius 1 is 1.24 bits per heavy atom. The fraction of sp³-hybridized carbons (Fsp3) is 0.727. The Kier molecular flexibility index (Phi) is 8.99. The lowest BCUT2D eigenvalue weighted by Crippen LogP contribution is -2.30. The van der Waals surface area contributed by atoms with Gasteiger partial charge in [-0.1, -0.05) is 64.9 Å². The molecule has 1 saturated heterocycles. The van der Waals surface area contributed by atoms with Crippen molar-refractivity contribution in [2.75, 3.05) is 6.54 Å². The van der Waals surface area contributed by atoms with Crippen LogP contribution in [0.15, 0.2) is 24.5 Å². The van der Waals surface area contributed by atoms with E-state index in [0.717, 1.165) is 31.7 Å². The molecule has 25 heavy (non-hydrogen) atoms. The molecule has 1 fully saturated rings. The van der Waals surface area contributed by atoms with Crippen LogP contribution in [0, 0.1) is 5.92 Å². The molecular formula is C22H36N2O. The predicted octanol–water partition coefficient (Wildman–Crippen LogP) is 5.91. The Labute approximate surface area is 154 Å². The molecule has 2 heterocycles. The van der Waals surface area contributed by atoms with Gasteiger partial charge in [-0.2, -0.15) is 0 Å². The van der Waals surface area contributed by atoms with Crippen molar-refractivity contribution in [3.63, 3.8) is 0 Å². The summed E-state index contributed by atoms with van der Waals surface area (Å²) in [5.74, 6) is 1.22. The van der Waals surface area contributed by atoms with E-state index in [1.807, 2.05) is 12.3 Å². The molecule has 1 amide bonds. The summed E-state index contributed by atoms with van der Waals surface area (Å²) in [5.41, 5.74) is 1.19. The van der Waals surface area contributed by atoms with Gasteiger partial charge in [0.25, 0.3) is 0 Å². The molecule has 0 aromatic carbocycles. The van der Waals surface area contributed by atoms with E-state index >= 15 is 0 Å². The first-order valence-electron chi connectivity index (χ1n) is 10.4. The van der Waals surface area contributed by atoms with Crippen LogP contribution in [-0.4, -0.2) is 22.3 Å². The third-order valence-corrected chi connectivity index (χ3v) is 5.68. The van der Waals surface area contributed by atoms with Gasteiger partial charge >= 0.3 is 0 Å². The highest BCUT2D eigenvalue weighted by Gasteiger charge is 2.29. The van der Waals surface area contributed by atoms with E-state index in [1.165, 1.54) is 50.5 Å². The maximum Gasteiger partial charge on any atom is 0.223 e. The van der Waals surface area contributed by atoms with Gasteiger partial charge in [0.05, 0.1) is 6.04 Å². The summed E-state index contributed by atoms with van der Waals surface area (Å²) in [6.45, 7) is 5.54. The average Bonchev–Trinajstić information content (AvgIpc) is 3.14. The average molecular weight is 345 g/mol. The number of amides is 1. The molecule has 1 aliphatic heterocycles. The highest BCUT2D eigenvalue weighted by atomic mass is 16.2. The van der Waals surface area contributed by atoms with Crippen LogP contribution in [0.3, 0.4) is 0 Å². The van der Waals surface area contributed by atoms with Gasteiger partial charge in [0, 0.05) is 25.4 Å². The van der Waals surface area contributed by atoms with Gasteiger partial charge in [0.15, 0.2) is 0 Å². The highest BCUT2D eigenvalue weighted by Crippen LogP contribution is 2.32. The van der Waals surface area contributed by atoms with Gasteiger partial charge in [0.2, 0.25) is 5.91 Å². The number of pyridine rings is 1. The van der Waals surface area contributed by atoms with Gasteiger partial charge in [-0.15, -0.1) is 0 Å². The SMILES string of the molecule is CC[C@H](C)CCCCCCCCC(=O)N1CCC[C@H]1c1cccnc1. The van der Waals surface area contributed by atoms with Gasteiger partial charge in [-0.25, -0.2) is 0 Å². The molecule has 0 N–H and O–H groups in total. The van der Waals surface area contributed by atoms with E-state index in [2.05, 4.69) is 29.8 Å². The van der Waals surface area contributed by atoms with E-state index in [0.29, 0.717) is 12.3 Å². The molecule has 0 spiro atoms. The maximum atomic E-state index is 12.6. The topological polar surface area (TPSA) is 33.2 Å². The number of unbranched alkanes of at least 4 members (excludes halogenated alkanes) is 5. The predicted molar refractivity (Wildman–Crippen MR) is 104 cm³/mol. The van der Waals surface area contributed by atoms with Gasteiger partial charge in [-0.3, -0.25) is 9.78 Å². The monoisotopic (exact) mass is 344 g/mol. The van der Waals surface area contributed by atoms with Crippen molar-refractivity contribution < 1.29 is 4.79 Å². The number of nitrogens with zero attached hydrogens (tertiary/aromatic N) is 2. The number of hydrogen-bond acceptors (Lipinski definition) is 2. The molecule has 0 aliphatic carbocycles. The van der Waals surface area contributed by atoms with Crippen LogP contribution in [0.1, 0.15) is 96.1 Å². The fourth-order valence-electron chi connectivity index (χ4n) is 3.81. The van der Waals surface area contributed by atoms with Crippen LogP contribution in [0.4, 0.5) is 0 Å². The third-order valence-electron chi connectivity index (χ3n) is 5.68. The van der Waals surface area contributed by atoms with Crippen molar-refractivity contribution in [3.05, 3.63) is 30.1 Å². The first kappa shape index (κ1) is 19.9. The van der Waals surface area contributed by atoms with Crippen LogP contribution >= 0.6 is 0 Å². The zero-order valence-corrected chi connectivity index (χ0v) is 16.3. The summed E-state index contributed by atoms with van der Waals surface area (Å²) in [6, 6.07) is 4.32. The zero-order chi connectivity index (χ0) is 17.9. The summed E-state index contributed by atoms with van der Waals surface area (Å²) < 4.78 is 0. The van der Waals surface area contributed by atoms with Crippen molar-refractivity contribution in [1.29, 1.82) is 0 Å². The minimum atomic E-state index is 0.252. The van der Waals surface area contributed by atoms with Crippen LogP contribution in [0.5, 0.6) is 0 Å². The molecular weight excluding hydrogens is 308 g/mol. The van der Waals surface area contributed by atoms with E-state index in [9.17, 15) is 4.79 Å². The first-order chi connectivity index (χ1) is 12.2. The summed E-state index contributed by atoms with van der Waals surface area (Å²) in [5, 5.41) is 0. The molecule has 3 nitrogen and oxygen atoms in total. The highest BCUT2D eigenvalue weighted by molar-refractivity contribution is 5.77. The Morgan fingerprint density at radius 3 is 2.72 bits per heavy atom. The van der Waals surface area contributed by atoms with E-state index in [1.54, 1.807) is 6.20 Å². The minimum absolute atomic E-state index is 0.252. The second-order valence-corrected chi connectivity index (χ2v) is 7.70. The Balaban J connectivity index is 1.59. The first-order valence-corrected chi connectivity index (χ1v) is 10.4. The standard InChI is InChI=1S/C22H36N2O/c1-3-19(2)12-8-6-4-5-7-9-15-22(25)24-17-11-14-21(24)20-13-10-16-23-18-20/h10,13,16,18-19,21H,3-9,11-12,14-15,17H2,1-2H3/t19-,21-/m0/s1. The Hall–Kier alpha value is -1.38. The van der Waals surface area contributed by atoms with Gasteiger partial charge in [-0.05, 0) is 36.8 Å². The quantitative estimate of drug-likeness (QED) is 0.467.